The minimum Gasteiger partial charge on any atom is -0.550 e. The molecule has 0 rings (SSSR count). The number of rotatable bonds is 7. The summed E-state index contributed by atoms with van der Waals surface area (Å²) in [7, 11) is -4.83. The molecule has 9 heteroatoms. The molecule has 2 unspecified atom stereocenters. The van der Waals surface area contributed by atoms with Crippen molar-refractivity contribution in [2.45, 2.75) is 45.0 Å². The number of hydrogen-bond acceptors (Lipinski definition) is 6. The summed E-state index contributed by atoms with van der Waals surface area (Å²) in [5, 5.41) is 8.19. The van der Waals surface area contributed by atoms with Crippen molar-refractivity contribution in [1.29, 1.82) is 0 Å². The van der Waals surface area contributed by atoms with Crippen molar-refractivity contribution in [2.24, 2.45) is 5.92 Å². The third kappa shape index (κ3) is 9.39. The first-order valence-electron chi connectivity index (χ1n) is 5.40. The van der Waals surface area contributed by atoms with E-state index in [1.807, 2.05) is 13.8 Å². The van der Waals surface area contributed by atoms with E-state index in [4.69, 9.17) is 9.29 Å². The van der Waals surface area contributed by atoms with E-state index in [2.05, 4.69) is 0 Å². The molecular formula is C10H17NaO7S. The van der Waals surface area contributed by atoms with Crippen LogP contribution < -0.4 is 34.7 Å². The molecule has 0 heterocycles. The van der Waals surface area contributed by atoms with Gasteiger partial charge in [-0.15, -0.1) is 0 Å². The van der Waals surface area contributed by atoms with E-state index < -0.39 is 39.8 Å². The van der Waals surface area contributed by atoms with Crippen molar-refractivity contribution >= 4 is 22.1 Å². The van der Waals surface area contributed by atoms with Crippen LogP contribution in [0, 0.1) is 5.92 Å². The smallest absolute Gasteiger partial charge is 0.550 e. The predicted molar refractivity (Wildman–Crippen MR) is 60.0 cm³/mol. The number of carbonyl (C=O) groups excluding carboxylic acids is 2. The Morgan fingerprint density at radius 2 is 1.74 bits per heavy atom. The SMILES string of the molecule is CC(C)CC(C)OC(=O)C(CC(=O)[O-])S(=O)(=O)O.[Na+]. The minimum atomic E-state index is -4.83. The summed E-state index contributed by atoms with van der Waals surface area (Å²) in [6.45, 7) is 5.31. The molecule has 0 aromatic heterocycles. The molecule has 0 aliphatic rings. The van der Waals surface area contributed by atoms with Crippen LogP contribution in [0.4, 0.5) is 0 Å². The molecule has 106 valence electrons. The first-order valence-corrected chi connectivity index (χ1v) is 6.91. The van der Waals surface area contributed by atoms with E-state index in [1.54, 1.807) is 6.92 Å². The van der Waals surface area contributed by atoms with Gasteiger partial charge in [0.1, 0.15) is 0 Å². The van der Waals surface area contributed by atoms with Gasteiger partial charge >= 0.3 is 35.5 Å². The Labute approximate surface area is 134 Å². The maximum absolute atomic E-state index is 11.5. The summed E-state index contributed by atoms with van der Waals surface area (Å²) in [6, 6.07) is 0. The van der Waals surface area contributed by atoms with Gasteiger partial charge in [-0.3, -0.25) is 9.35 Å². The van der Waals surface area contributed by atoms with Crippen LogP contribution in [0.2, 0.25) is 0 Å². The second kappa shape index (κ2) is 8.91. The van der Waals surface area contributed by atoms with E-state index in [1.165, 1.54) is 0 Å². The molecule has 0 aliphatic carbocycles. The Hall–Kier alpha value is -0.150. The van der Waals surface area contributed by atoms with Crippen LogP contribution in [0.1, 0.15) is 33.6 Å². The predicted octanol–water partition coefficient (Wildman–Crippen LogP) is -3.64. The monoisotopic (exact) mass is 304 g/mol. The number of ether oxygens (including phenoxy) is 1. The molecule has 0 fully saturated rings. The van der Waals surface area contributed by atoms with Crippen LogP contribution in [0.3, 0.4) is 0 Å². The van der Waals surface area contributed by atoms with Crippen molar-refractivity contribution in [3.63, 3.8) is 0 Å². The van der Waals surface area contributed by atoms with Gasteiger partial charge in [-0.1, -0.05) is 13.8 Å². The van der Waals surface area contributed by atoms with Gasteiger partial charge in [0.25, 0.3) is 10.1 Å². The molecule has 0 amide bonds. The second-order valence-electron chi connectivity index (χ2n) is 4.46. The van der Waals surface area contributed by atoms with Crippen molar-refractivity contribution in [3.05, 3.63) is 0 Å². The standard InChI is InChI=1S/C10H18O7S.Na/c1-6(2)4-7(3)17-10(13)8(5-9(11)12)18(14,15)16;/h6-8H,4-5H2,1-3H3,(H,11,12)(H,14,15,16);/q;+1/p-1. The Bertz CT molecular complexity index is 404. The molecule has 0 aliphatic heterocycles. The molecule has 7 nitrogen and oxygen atoms in total. The zero-order valence-electron chi connectivity index (χ0n) is 11.5. The van der Waals surface area contributed by atoms with Crippen molar-refractivity contribution < 1.29 is 62.0 Å². The van der Waals surface area contributed by atoms with Gasteiger partial charge in [0.05, 0.1) is 6.10 Å². The molecular weight excluding hydrogens is 287 g/mol. The van der Waals surface area contributed by atoms with Gasteiger partial charge in [-0.05, 0) is 19.3 Å². The number of hydrogen-bond donors (Lipinski definition) is 1. The third-order valence-electron chi connectivity index (χ3n) is 2.10. The Morgan fingerprint density at radius 1 is 1.26 bits per heavy atom. The van der Waals surface area contributed by atoms with Crippen LogP contribution in [0.15, 0.2) is 0 Å². The molecule has 0 bridgehead atoms. The first kappa shape index (κ1) is 21.2. The fourth-order valence-electron chi connectivity index (χ4n) is 1.45. The quantitative estimate of drug-likeness (QED) is 0.292. The van der Waals surface area contributed by atoms with E-state index in [9.17, 15) is 23.1 Å². The Balaban J connectivity index is 0. The van der Waals surface area contributed by atoms with Crippen LogP contribution in [0.25, 0.3) is 0 Å². The normalized spacial score (nSPS) is 14.4. The molecule has 2 atom stereocenters. The van der Waals surface area contributed by atoms with Crippen molar-refractivity contribution in [2.75, 3.05) is 0 Å². The fraction of sp³-hybridized carbons (Fsp3) is 0.800. The average molecular weight is 304 g/mol. The third-order valence-corrected chi connectivity index (χ3v) is 3.17. The van der Waals surface area contributed by atoms with Gasteiger partial charge < -0.3 is 14.6 Å². The first-order chi connectivity index (χ1) is 8.04. The van der Waals surface area contributed by atoms with Gasteiger partial charge in [0.15, 0.2) is 5.25 Å². The average Bonchev–Trinajstić information content (AvgIpc) is 2.09. The van der Waals surface area contributed by atoms with E-state index in [0.29, 0.717) is 6.42 Å². The molecule has 0 radical (unpaired) electrons. The number of carbonyl (C=O) groups is 2. The summed E-state index contributed by atoms with van der Waals surface area (Å²) in [4.78, 5) is 21.8. The number of esters is 1. The molecule has 19 heavy (non-hydrogen) atoms. The largest absolute Gasteiger partial charge is 1.00 e. The second-order valence-corrected chi connectivity index (χ2v) is 6.06. The van der Waals surface area contributed by atoms with Crippen LogP contribution in [0.5, 0.6) is 0 Å². The van der Waals surface area contributed by atoms with Gasteiger partial charge in [0, 0.05) is 12.4 Å². The van der Waals surface area contributed by atoms with Gasteiger partial charge in [-0.25, -0.2) is 0 Å². The summed E-state index contributed by atoms with van der Waals surface area (Å²) >= 11 is 0. The fourth-order valence-corrected chi connectivity index (χ4v) is 2.09. The maximum Gasteiger partial charge on any atom is 1.00 e. The number of carboxylic acids is 1. The zero-order valence-corrected chi connectivity index (χ0v) is 14.3. The molecule has 1 N–H and O–H groups in total. The van der Waals surface area contributed by atoms with Gasteiger partial charge in [-0.2, -0.15) is 8.42 Å². The molecule has 0 aromatic carbocycles. The van der Waals surface area contributed by atoms with Crippen molar-refractivity contribution in [1.82, 2.24) is 0 Å². The van der Waals surface area contributed by atoms with E-state index in [0.717, 1.165) is 0 Å². The van der Waals surface area contributed by atoms with E-state index in [-0.39, 0.29) is 35.5 Å². The topological polar surface area (TPSA) is 121 Å². The zero-order chi connectivity index (χ0) is 14.5. The van der Waals surface area contributed by atoms with Crippen molar-refractivity contribution in [3.8, 4) is 0 Å². The molecule has 0 saturated heterocycles. The van der Waals surface area contributed by atoms with Gasteiger partial charge in [0.2, 0.25) is 0 Å². The van der Waals surface area contributed by atoms with E-state index >= 15 is 0 Å². The number of carboxylic acid groups (broad SMARTS) is 1. The van der Waals surface area contributed by atoms with Crippen LogP contribution >= 0.6 is 0 Å². The van der Waals surface area contributed by atoms with Crippen LogP contribution in [-0.2, 0) is 24.4 Å². The summed E-state index contributed by atoms with van der Waals surface area (Å²) < 4.78 is 35.3. The minimum absolute atomic E-state index is 0. The number of aliphatic carboxylic acids is 1. The summed E-state index contributed by atoms with van der Waals surface area (Å²) in [5.41, 5.74) is 0. The molecule has 0 spiro atoms. The maximum atomic E-state index is 11.5. The summed E-state index contributed by atoms with van der Waals surface area (Å²) in [6.07, 6.45) is -1.20. The molecule has 0 aromatic rings. The van der Waals surface area contributed by atoms with Crippen LogP contribution in [-0.4, -0.2) is 36.3 Å². The molecule has 0 saturated carbocycles. The Morgan fingerprint density at radius 3 is 2.05 bits per heavy atom. The Kier molecular flexibility index (Phi) is 9.92. The summed E-state index contributed by atoms with van der Waals surface area (Å²) in [5.74, 6) is -2.82.